The molecule has 1 heterocycles. The van der Waals surface area contributed by atoms with Gasteiger partial charge in [0.25, 0.3) is 0 Å². The molecule has 19 heavy (non-hydrogen) atoms. The Morgan fingerprint density at radius 1 is 1.32 bits per heavy atom. The molecule has 0 radical (unpaired) electrons. The van der Waals surface area contributed by atoms with Crippen LogP contribution in [-0.4, -0.2) is 31.9 Å². The van der Waals surface area contributed by atoms with Crippen LogP contribution < -0.4 is 11.1 Å². The Morgan fingerprint density at radius 2 is 2.00 bits per heavy atom. The van der Waals surface area contributed by atoms with Gasteiger partial charge < -0.3 is 11.1 Å². The van der Waals surface area contributed by atoms with Crippen molar-refractivity contribution >= 4 is 27.5 Å². The molecule has 0 spiro atoms. The van der Waals surface area contributed by atoms with Gasteiger partial charge in [-0.05, 0) is 30.2 Å². The molecule has 1 aromatic rings. The van der Waals surface area contributed by atoms with E-state index in [9.17, 15) is 13.2 Å². The van der Waals surface area contributed by atoms with Crippen LogP contribution in [0.5, 0.6) is 0 Å². The molecule has 0 aromatic heterocycles. The molecule has 102 valence electrons. The fraction of sp³-hybridized carbons (Fsp3) is 0.308. The van der Waals surface area contributed by atoms with Gasteiger partial charge in [-0.3, -0.25) is 4.79 Å². The minimum absolute atomic E-state index is 0.0362. The standard InChI is InChI=1S/C13H16N2O3S/c14-11-4-1-10(2-5-11)3-6-13(16)15-12-7-8-19(17,18)9-12/h1-6,12H,7-9,14H2,(H,15,16)/b6-3+. The quantitative estimate of drug-likeness (QED) is 0.626. The second-order valence-corrected chi connectivity index (χ2v) is 6.84. The predicted molar refractivity (Wildman–Crippen MR) is 75.1 cm³/mol. The monoisotopic (exact) mass is 280 g/mol. The van der Waals surface area contributed by atoms with E-state index in [1.54, 1.807) is 30.3 Å². The maximum Gasteiger partial charge on any atom is 0.244 e. The summed E-state index contributed by atoms with van der Waals surface area (Å²) in [6.45, 7) is 0. The van der Waals surface area contributed by atoms with Gasteiger partial charge in [0.05, 0.1) is 11.5 Å². The van der Waals surface area contributed by atoms with Crippen LogP contribution in [-0.2, 0) is 14.6 Å². The summed E-state index contributed by atoms with van der Waals surface area (Å²) in [4.78, 5) is 11.6. The largest absolute Gasteiger partial charge is 0.399 e. The Morgan fingerprint density at radius 3 is 2.58 bits per heavy atom. The number of nitrogens with one attached hydrogen (secondary N) is 1. The van der Waals surface area contributed by atoms with Crippen molar-refractivity contribution in [3.63, 3.8) is 0 Å². The maximum absolute atomic E-state index is 11.6. The smallest absolute Gasteiger partial charge is 0.244 e. The van der Waals surface area contributed by atoms with Gasteiger partial charge in [-0.15, -0.1) is 0 Å². The molecule has 3 N–H and O–H groups in total. The lowest BCUT2D eigenvalue weighted by Gasteiger charge is -2.07. The predicted octanol–water partition coefficient (Wildman–Crippen LogP) is 0.585. The van der Waals surface area contributed by atoms with Crippen LogP contribution in [0.15, 0.2) is 30.3 Å². The highest BCUT2D eigenvalue weighted by atomic mass is 32.2. The number of benzene rings is 1. The number of carbonyl (C=O) groups excluding carboxylic acids is 1. The third-order valence-corrected chi connectivity index (χ3v) is 4.71. The van der Waals surface area contributed by atoms with Crippen LogP contribution in [0.1, 0.15) is 12.0 Å². The van der Waals surface area contributed by atoms with Crippen molar-refractivity contribution < 1.29 is 13.2 Å². The lowest BCUT2D eigenvalue weighted by atomic mass is 10.2. The van der Waals surface area contributed by atoms with E-state index in [0.717, 1.165) is 5.56 Å². The highest BCUT2D eigenvalue weighted by molar-refractivity contribution is 7.91. The third-order valence-electron chi connectivity index (χ3n) is 2.94. The fourth-order valence-corrected chi connectivity index (χ4v) is 3.61. The summed E-state index contributed by atoms with van der Waals surface area (Å²) >= 11 is 0. The second kappa shape index (κ2) is 5.44. The van der Waals surface area contributed by atoms with E-state index < -0.39 is 9.84 Å². The number of sulfone groups is 1. The zero-order valence-electron chi connectivity index (χ0n) is 10.4. The van der Waals surface area contributed by atoms with Gasteiger partial charge >= 0.3 is 0 Å². The Kier molecular flexibility index (Phi) is 3.90. The van der Waals surface area contributed by atoms with Crippen LogP contribution in [0.4, 0.5) is 5.69 Å². The van der Waals surface area contributed by atoms with Crippen LogP contribution >= 0.6 is 0 Å². The number of hydrogen-bond acceptors (Lipinski definition) is 4. The van der Waals surface area contributed by atoms with Crippen molar-refractivity contribution in [1.29, 1.82) is 0 Å². The molecule has 0 saturated carbocycles. The molecule has 1 aliphatic heterocycles. The molecule has 1 saturated heterocycles. The second-order valence-electron chi connectivity index (χ2n) is 4.61. The molecular weight excluding hydrogens is 264 g/mol. The van der Waals surface area contributed by atoms with E-state index in [1.165, 1.54) is 6.08 Å². The highest BCUT2D eigenvalue weighted by Gasteiger charge is 2.28. The molecule has 1 fully saturated rings. The lowest BCUT2D eigenvalue weighted by molar-refractivity contribution is -0.116. The third kappa shape index (κ3) is 4.10. The number of rotatable bonds is 3. The number of hydrogen-bond donors (Lipinski definition) is 2. The summed E-state index contributed by atoms with van der Waals surface area (Å²) in [5.41, 5.74) is 7.09. The van der Waals surface area contributed by atoms with Gasteiger partial charge in [0.1, 0.15) is 0 Å². The van der Waals surface area contributed by atoms with Crippen molar-refractivity contribution in [2.75, 3.05) is 17.2 Å². The Bertz CT molecular complexity index is 591. The topological polar surface area (TPSA) is 89.3 Å². The Hall–Kier alpha value is -1.82. The molecule has 6 heteroatoms. The molecular formula is C13H16N2O3S. The summed E-state index contributed by atoms with van der Waals surface area (Å²) < 4.78 is 22.5. The molecule has 1 atom stereocenters. The van der Waals surface area contributed by atoms with Crippen molar-refractivity contribution in [2.24, 2.45) is 0 Å². The summed E-state index contributed by atoms with van der Waals surface area (Å²) in [5.74, 6) is -0.0902. The van der Waals surface area contributed by atoms with Crippen LogP contribution in [0.2, 0.25) is 0 Å². The molecule has 0 bridgehead atoms. The lowest BCUT2D eigenvalue weighted by Crippen LogP contribution is -2.34. The summed E-state index contributed by atoms with van der Waals surface area (Å²) in [5, 5.41) is 2.69. The average Bonchev–Trinajstić information content (AvgIpc) is 2.68. The zero-order valence-corrected chi connectivity index (χ0v) is 11.2. The first-order chi connectivity index (χ1) is 8.94. The van der Waals surface area contributed by atoms with Gasteiger partial charge in [0.2, 0.25) is 5.91 Å². The first kappa shape index (κ1) is 13.6. The normalized spacial score (nSPS) is 21.6. The number of nitrogens with two attached hydrogens (primary N) is 1. The highest BCUT2D eigenvalue weighted by Crippen LogP contribution is 2.11. The summed E-state index contributed by atoms with van der Waals surface area (Å²) in [6.07, 6.45) is 3.55. The zero-order chi connectivity index (χ0) is 13.9. The van der Waals surface area contributed by atoms with E-state index in [1.807, 2.05) is 0 Å². The van der Waals surface area contributed by atoms with E-state index >= 15 is 0 Å². The first-order valence-corrected chi connectivity index (χ1v) is 7.81. The number of amides is 1. The van der Waals surface area contributed by atoms with Crippen molar-refractivity contribution in [1.82, 2.24) is 5.32 Å². The SMILES string of the molecule is Nc1ccc(/C=C/C(=O)NC2CCS(=O)(=O)C2)cc1. The summed E-state index contributed by atoms with van der Waals surface area (Å²) in [7, 11) is -2.97. The van der Waals surface area contributed by atoms with Crippen molar-refractivity contribution in [2.45, 2.75) is 12.5 Å². The molecule has 5 nitrogen and oxygen atoms in total. The minimum atomic E-state index is -2.97. The summed E-state index contributed by atoms with van der Waals surface area (Å²) in [6, 6.07) is 6.84. The van der Waals surface area contributed by atoms with Crippen LogP contribution in [0.3, 0.4) is 0 Å². The minimum Gasteiger partial charge on any atom is -0.399 e. The van der Waals surface area contributed by atoms with E-state index in [0.29, 0.717) is 12.1 Å². The van der Waals surface area contributed by atoms with Crippen molar-refractivity contribution in [3.05, 3.63) is 35.9 Å². The average molecular weight is 280 g/mol. The molecule has 0 aliphatic carbocycles. The maximum atomic E-state index is 11.6. The Balaban J connectivity index is 1.89. The molecule has 1 unspecified atom stereocenters. The van der Waals surface area contributed by atoms with Gasteiger partial charge in [-0.25, -0.2) is 8.42 Å². The van der Waals surface area contributed by atoms with Gasteiger partial charge in [0, 0.05) is 17.8 Å². The van der Waals surface area contributed by atoms with E-state index in [4.69, 9.17) is 5.73 Å². The van der Waals surface area contributed by atoms with Crippen LogP contribution in [0, 0.1) is 0 Å². The molecule has 1 aromatic carbocycles. The van der Waals surface area contributed by atoms with Gasteiger partial charge in [-0.1, -0.05) is 12.1 Å². The van der Waals surface area contributed by atoms with Crippen molar-refractivity contribution in [3.8, 4) is 0 Å². The number of carbonyl (C=O) groups is 1. The fourth-order valence-electron chi connectivity index (χ4n) is 1.94. The number of anilines is 1. The van der Waals surface area contributed by atoms with E-state index in [-0.39, 0.29) is 23.5 Å². The Labute approximate surface area is 112 Å². The van der Waals surface area contributed by atoms with E-state index in [2.05, 4.69) is 5.32 Å². The molecule has 1 aliphatic rings. The van der Waals surface area contributed by atoms with Crippen LogP contribution in [0.25, 0.3) is 6.08 Å². The number of nitrogen functional groups attached to an aromatic ring is 1. The first-order valence-electron chi connectivity index (χ1n) is 5.99. The molecule has 2 rings (SSSR count). The van der Waals surface area contributed by atoms with Gasteiger partial charge in [0.15, 0.2) is 9.84 Å². The molecule has 1 amide bonds. The van der Waals surface area contributed by atoms with Gasteiger partial charge in [-0.2, -0.15) is 0 Å².